The summed E-state index contributed by atoms with van der Waals surface area (Å²) < 4.78 is 25.1. The Kier molecular flexibility index (Phi) is 6.27. The quantitative estimate of drug-likeness (QED) is 0.309. The number of hydrogen-bond donors (Lipinski definition) is 3. The SMILES string of the molecule is NS(=O)(=O)c1ccc(N=Nc2c(O)n(CC(=O)Nc3ccc(Br)cc3)c3ccccc23)cc1. The van der Waals surface area contributed by atoms with E-state index in [1.54, 1.807) is 36.4 Å². The topological polar surface area (TPSA) is 139 Å². The van der Waals surface area contributed by atoms with Crippen LogP contribution >= 0.6 is 15.9 Å². The van der Waals surface area contributed by atoms with Crippen LogP contribution in [-0.2, 0) is 21.4 Å². The van der Waals surface area contributed by atoms with E-state index in [0.29, 0.717) is 22.3 Å². The highest BCUT2D eigenvalue weighted by atomic mass is 79.9. The summed E-state index contributed by atoms with van der Waals surface area (Å²) in [5.74, 6) is -0.539. The number of carbonyl (C=O) groups excluding carboxylic acids is 1. The molecule has 3 aromatic carbocycles. The molecule has 1 heterocycles. The smallest absolute Gasteiger partial charge is 0.244 e. The summed E-state index contributed by atoms with van der Waals surface area (Å²) in [7, 11) is -3.81. The Hall–Kier alpha value is -3.54. The third kappa shape index (κ3) is 5.11. The molecule has 11 heteroatoms. The van der Waals surface area contributed by atoms with E-state index in [0.717, 1.165) is 4.47 Å². The molecule has 0 unspecified atom stereocenters. The number of sulfonamides is 1. The van der Waals surface area contributed by atoms with Crippen LogP contribution in [0.25, 0.3) is 10.9 Å². The van der Waals surface area contributed by atoms with Gasteiger partial charge in [-0.3, -0.25) is 4.79 Å². The Bertz CT molecular complexity index is 1460. The van der Waals surface area contributed by atoms with Gasteiger partial charge in [0.25, 0.3) is 0 Å². The van der Waals surface area contributed by atoms with Gasteiger partial charge >= 0.3 is 0 Å². The van der Waals surface area contributed by atoms with Crippen LogP contribution in [0, 0.1) is 0 Å². The molecule has 0 saturated carbocycles. The molecule has 1 amide bonds. The van der Waals surface area contributed by atoms with Crippen molar-refractivity contribution in [2.24, 2.45) is 15.4 Å². The van der Waals surface area contributed by atoms with Crippen LogP contribution in [0.15, 0.2) is 92.4 Å². The van der Waals surface area contributed by atoms with Crippen LogP contribution < -0.4 is 10.5 Å². The zero-order valence-corrected chi connectivity index (χ0v) is 19.4. The first kappa shape index (κ1) is 22.6. The number of benzene rings is 3. The average Bonchev–Trinajstić information content (AvgIpc) is 3.04. The van der Waals surface area contributed by atoms with Gasteiger partial charge in [-0.1, -0.05) is 34.1 Å². The molecule has 0 aliphatic rings. The molecule has 4 aromatic rings. The van der Waals surface area contributed by atoms with Crippen molar-refractivity contribution in [1.29, 1.82) is 0 Å². The second-order valence-electron chi connectivity index (χ2n) is 7.07. The number of amides is 1. The number of nitrogens with zero attached hydrogens (tertiary/aromatic N) is 3. The molecule has 0 fully saturated rings. The molecule has 4 N–H and O–H groups in total. The van der Waals surface area contributed by atoms with E-state index in [2.05, 4.69) is 31.5 Å². The van der Waals surface area contributed by atoms with E-state index in [4.69, 9.17) is 5.14 Å². The number of anilines is 1. The van der Waals surface area contributed by atoms with Crippen molar-refractivity contribution in [2.45, 2.75) is 11.4 Å². The Labute approximate surface area is 197 Å². The summed E-state index contributed by atoms with van der Waals surface area (Å²) in [4.78, 5) is 12.6. The number of primary sulfonamides is 1. The van der Waals surface area contributed by atoms with Crippen LogP contribution in [0.4, 0.5) is 17.1 Å². The Morgan fingerprint density at radius 2 is 1.67 bits per heavy atom. The fourth-order valence-corrected chi connectivity index (χ4v) is 4.00. The summed E-state index contributed by atoms with van der Waals surface area (Å²) in [5, 5.41) is 27.6. The van der Waals surface area contributed by atoms with Crippen molar-refractivity contribution >= 4 is 59.8 Å². The van der Waals surface area contributed by atoms with Gasteiger partial charge in [0.1, 0.15) is 6.54 Å². The maximum Gasteiger partial charge on any atom is 0.244 e. The summed E-state index contributed by atoms with van der Waals surface area (Å²) in [6.45, 7) is -0.138. The van der Waals surface area contributed by atoms with Gasteiger partial charge in [0.05, 0.1) is 16.1 Å². The van der Waals surface area contributed by atoms with Crippen molar-refractivity contribution in [2.75, 3.05) is 5.32 Å². The monoisotopic (exact) mass is 527 g/mol. The number of aromatic hydroxyl groups is 1. The molecule has 0 radical (unpaired) electrons. The molecule has 0 aliphatic heterocycles. The van der Waals surface area contributed by atoms with Crippen LogP contribution in [0.5, 0.6) is 5.88 Å². The van der Waals surface area contributed by atoms with E-state index in [-0.39, 0.29) is 28.9 Å². The lowest BCUT2D eigenvalue weighted by molar-refractivity contribution is -0.116. The number of fused-ring (bicyclic) bond motifs is 1. The third-order valence-corrected chi connectivity index (χ3v) is 6.24. The summed E-state index contributed by atoms with van der Waals surface area (Å²) in [6, 6.07) is 19.8. The predicted molar refractivity (Wildman–Crippen MR) is 128 cm³/mol. The summed E-state index contributed by atoms with van der Waals surface area (Å²) >= 11 is 3.35. The molecule has 4 rings (SSSR count). The molecule has 0 bridgehead atoms. The Morgan fingerprint density at radius 1 is 1.00 bits per heavy atom. The van der Waals surface area contributed by atoms with Crippen LogP contribution in [0.3, 0.4) is 0 Å². The van der Waals surface area contributed by atoms with Crippen molar-refractivity contribution in [1.82, 2.24) is 4.57 Å². The van der Waals surface area contributed by atoms with Gasteiger partial charge in [0.2, 0.25) is 21.8 Å². The molecule has 9 nitrogen and oxygen atoms in total. The van der Waals surface area contributed by atoms with Gasteiger partial charge in [0.15, 0.2) is 5.69 Å². The number of rotatable bonds is 6. The molecule has 0 saturated heterocycles. The molecular weight excluding hydrogens is 510 g/mol. The first-order valence-corrected chi connectivity index (χ1v) is 12.0. The minimum absolute atomic E-state index is 0.0438. The maximum absolute atomic E-state index is 12.6. The van der Waals surface area contributed by atoms with Gasteiger partial charge in [-0.2, -0.15) is 5.11 Å². The highest BCUT2D eigenvalue weighted by molar-refractivity contribution is 9.10. The fourth-order valence-electron chi connectivity index (χ4n) is 3.22. The lowest BCUT2D eigenvalue weighted by Crippen LogP contribution is -2.18. The predicted octanol–water partition coefficient (Wildman–Crippen LogP) is 4.81. The maximum atomic E-state index is 12.6. The lowest BCUT2D eigenvalue weighted by atomic mass is 10.2. The van der Waals surface area contributed by atoms with Gasteiger partial charge in [-0.25, -0.2) is 13.6 Å². The molecule has 0 atom stereocenters. The fraction of sp³-hybridized carbons (Fsp3) is 0.0455. The van der Waals surface area contributed by atoms with Crippen molar-refractivity contribution in [3.63, 3.8) is 0 Å². The second-order valence-corrected chi connectivity index (χ2v) is 9.55. The van der Waals surface area contributed by atoms with E-state index >= 15 is 0 Å². The second kappa shape index (κ2) is 9.14. The Morgan fingerprint density at radius 3 is 2.33 bits per heavy atom. The van der Waals surface area contributed by atoms with E-state index < -0.39 is 10.0 Å². The number of carbonyl (C=O) groups is 1. The highest BCUT2D eigenvalue weighted by Crippen LogP contribution is 2.39. The van der Waals surface area contributed by atoms with Crippen LogP contribution in [0.2, 0.25) is 0 Å². The Balaban J connectivity index is 1.62. The molecule has 33 heavy (non-hydrogen) atoms. The summed E-state index contributed by atoms with van der Waals surface area (Å²) in [6.07, 6.45) is 0. The molecular formula is C22H18BrN5O4S. The number of azo groups is 1. The van der Waals surface area contributed by atoms with E-state index in [1.165, 1.54) is 28.8 Å². The minimum Gasteiger partial charge on any atom is -0.493 e. The molecule has 1 aromatic heterocycles. The molecule has 0 aliphatic carbocycles. The number of para-hydroxylation sites is 1. The number of halogens is 1. The molecule has 168 valence electrons. The van der Waals surface area contributed by atoms with Gasteiger partial charge in [-0.15, -0.1) is 5.11 Å². The van der Waals surface area contributed by atoms with E-state index in [1.807, 2.05) is 12.1 Å². The number of nitrogens with one attached hydrogen (secondary N) is 1. The highest BCUT2D eigenvalue weighted by Gasteiger charge is 2.18. The first-order chi connectivity index (χ1) is 15.7. The third-order valence-electron chi connectivity index (χ3n) is 4.78. The van der Waals surface area contributed by atoms with E-state index in [9.17, 15) is 18.3 Å². The number of aromatic nitrogens is 1. The van der Waals surface area contributed by atoms with Crippen molar-refractivity contribution in [3.8, 4) is 5.88 Å². The van der Waals surface area contributed by atoms with Crippen LogP contribution in [-0.4, -0.2) is 24.0 Å². The van der Waals surface area contributed by atoms with Gasteiger partial charge in [-0.05, 0) is 54.6 Å². The van der Waals surface area contributed by atoms with Gasteiger partial charge in [0, 0.05) is 15.5 Å². The van der Waals surface area contributed by atoms with Crippen LogP contribution in [0.1, 0.15) is 0 Å². The largest absolute Gasteiger partial charge is 0.493 e. The average molecular weight is 528 g/mol. The first-order valence-electron chi connectivity index (χ1n) is 9.62. The zero-order chi connectivity index (χ0) is 23.6. The van der Waals surface area contributed by atoms with Crippen molar-refractivity contribution in [3.05, 3.63) is 77.3 Å². The molecule has 0 spiro atoms. The van der Waals surface area contributed by atoms with Gasteiger partial charge < -0.3 is 15.0 Å². The summed E-state index contributed by atoms with van der Waals surface area (Å²) in [5.41, 5.74) is 1.80. The zero-order valence-electron chi connectivity index (χ0n) is 17.0. The lowest BCUT2D eigenvalue weighted by Gasteiger charge is -2.08. The normalized spacial score (nSPS) is 11.8. The number of nitrogens with two attached hydrogens (primary N) is 1. The van der Waals surface area contributed by atoms with Crippen molar-refractivity contribution < 1.29 is 18.3 Å². The number of hydrogen-bond acceptors (Lipinski definition) is 6. The minimum atomic E-state index is -3.81. The standard InChI is InChI=1S/C22H18BrN5O4S/c23-14-5-7-15(8-6-14)25-20(29)13-28-19-4-2-1-3-18(19)21(22(28)30)27-26-16-9-11-17(12-10-16)33(24,31)32/h1-12,30H,13H2,(H,25,29)(H2,24,31,32).